The molecular formula is C23H30N4O4. The molecule has 0 radical (unpaired) electrons. The number of aromatic nitrogens is 4. The smallest absolute Gasteiger partial charge is 0.303 e. The molecule has 0 unspecified atom stereocenters. The second-order valence-electron chi connectivity index (χ2n) is 9.72. The maximum Gasteiger partial charge on any atom is 0.303 e. The Bertz CT molecular complexity index is 1070. The van der Waals surface area contributed by atoms with Crippen LogP contribution in [0.2, 0.25) is 0 Å². The van der Waals surface area contributed by atoms with E-state index in [1.54, 1.807) is 0 Å². The molecule has 0 saturated carbocycles. The van der Waals surface area contributed by atoms with Crippen LogP contribution in [-0.4, -0.2) is 42.7 Å². The first-order valence-corrected chi connectivity index (χ1v) is 10.3. The number of nitrogens with one attached hydrogen (secondary N) is 1. The number of hydrogen-bond donors (Lipinski definition) is 3. The van der Waals surface area contributed by atoms with Crippen LogP contribution in [0.5, 0.6) is 11.6 Å². The molecule has 0 amide bonds. The number of rotatable bonds is 6. The first kappa shape index (κ1) is 22.5. The Hall–Kier alpha value is -3.16. The van der Waals surface area contributed by atoms with Gasteiger partial charge in [-0.25, -0.2) is 9.97 Å². The minimum Gasteiger partial charge on any atom is -0.507 e. The molecule has 0 bridgehead atoms. The first-order chi connectivity index (χ1) is 14.4. The van der Waals surface area contributed by atoms with E-state index in [0.29, 0.717) is 29.3 Å². The Labute approximate surface area is 181 Å². The molecule has 2 aromatic heterocycles. The molecule has 0 aliphatic heterocycles. The zero-order valence-electron chi connectivity index (χ0n) is 18.9. The van der Waals surface area contributed by atoms with Crippen molar-refractivity contribution in [1.29, 1.82) is 0 Å². The summed E-state index contributed by atoms with van der Waals surface area (Å²) >= 11 is 0. The summed E-state index contributed by atoms with van der Waals surface area (Å²) in [6, 6.07) is 3.82. The zero-order chi connectivity index (χ0) is 23.0. The van der Waals surface area contributed by atoms with E-state index in [0.717, 1.165) is 16.7 Å². The van der Waals surface area contributed by atoms with Gasteiger partial charge in [0.25, 0.3) is 0 Å². The van der Waals surface area contributed by atoms with Crippen molar-refractivity contribution in [3.05, 3.63) is 29.6 Å². The third kappa shape index (κ3) is 4.95. The Balaban J connectivity index is 2.11. The SMILES string of the molecule is CC(C)(C)c1cc(-c2nc(OCCCC(=O)O)c3[nH]cnc3n2)cc(C(C)(C)C)c1O. The van der Waals surface area contributed by atoms with Crippen LogP contribution >= 0.6 is 0 Å². The van der Waals surface area contributed by atoms with Gasteiger partial charge in [0.15, 0.2) is 11.5 Å². The minimum absolute atomic E-state index is 0.0197. The van der Waals surface area contributed by atoms with E-state index in [1.165, 1.54) is 6.33 Å². The number of aromatic hydroxyl groups is 1. The Kier molecular flexibility index (Phi) is 5.93. The van der Waals surface area contributed by atoms with E-state index in [1.807, 2.05) is 53.7 Å². The van der Waals surface area contributed by atoms with Gasteiger partial charge in [-0.2, -0.15) is 4.98 Å². The van der Waals surface area contributed by atoms with E-state index < -0.39 is 5.97 Å². The molecule has 2 heterocycles. The van der Waals surface area contributed by atoms with Crippen LogP contribution in [-0.2, 0) is 15.6 Å². The zero-order valence-corrected chi connectivity index (χ0v) is 18.9. The summed E-state index contributed by atoms with van der Waals surface area (Å²) in [5.74, 6) is 0.177. The lowest BCUT2D eigenvalue weighted by molar-refractivity contribution is -0.137. The molecule has 0 saturated heterocycles. The van der Waals surface area contributed by atoms with E-state index in [4.69, 9.17) is 9.84 Å². The molecule has 8 heteroatoms. The second-order valence-corrected chi connectivity index (χ2v) is 9.72. The molecule has 0 atom stereocenters. The third-order valence-electron chi connectivity index (χ3n) is 5.01. The third-order valence-corrected chi connectivity index (χ3v) is 5.01. The van der Waals surface area contributed by atoms with E-state index in [2.05, 4.69) is 19.9 Å². The maximum atomic E-state index is 11.0. The standard InChI is InChI=1S/C23H30N4O4/c1-22(2,3)14-10-13(11-15(18(14)30)23(4,5)6)19-26-20-17(24-12-25-20)21(27-19)31-9-7-8-16(28)29/h10-12,30H,7-9H2,1-6H3,(H,28,29)(H,24,25,26,27). The highest BCUT2D eigenvalue weighted by atomic mass is 16.5. The van der Waals surface area contributed by atoms with Crippen LogP contribution in [0.3, 0.4) is 0 Å². The number of phenols is 1. The number of nitrogens with zero attached hydrogens (tertiary/aromatic N) is 3. The fourth-order valence-electron chi connectivity index (χ4n) is 3.34. The number of carboxylic acid groups (broad SMARTS) is 1. The van der Waals surface area contributed by atoms with Gasteiger partial charge in [-0.15, -0.1) is 0 Å². The van der Waals surface area contributed by atoms with Crippen LogP contribution < -0.4 is 4.74 Å². The van der Waals surface area contributed by atoms with Crippen molar-refractivity contribution < 1.29 is 19.7 Å². The molecule has 1 aromatic carbocycles. The van der Waals surface area contributed by atoms with Gasteiger partial charge >= 0.3 is 5.97 Å². The van der Waals surface area contributed by atoms with Crippen LogP contribution in [0, 0.1) is 0 Å². The van der Waals surface area contributed by atoms with Crippen molar-refractivity contribution in [2.45, 2.75) is 65.2 Å². The molecule has 166 valence electrons. The van der Waals surface area contributed by atoms with E-state index >= 15 is 0 Å². The number of imidazole rings is 1. The normalized spacial score (nSPS) is 12.3. The molecule has 0 fully saturated rings. The molecule has 31 heavy (non-hydrogen) atoms. The summed E-state index contributed by atoms with van der Waals surface area (Å²) in [7, 11) is 0. The number of phenolic OH excluding ortho intramolecular Hbond substituents is 1. The number of H-pyrrole nitrogens is 1. The summed E-state index contributed by atoms with van der Waals surface area (Å²) in [6.45, 7) is 12.5. The highest BCUT2D eigenvalue weighted by molar-refractivity contribution is 5.78. The maximum absolute atomic E-state index is 11.0. The lowest BCUT2D eigenvalue weighted by Crippen LogP contribution is -2.17. The minimum atomic E-state index is -0.868. The molecule has 0 spiro atoms. The van der Waals surface area contributed by atoms with Crippen molar-refractivity contribution in [3.63, 3.8) is 0 Å². The van der Waals surface area contributed by atoms with Crippen LogP contribution in [0.15, 0.2) is 18.5 Å². The van der Waals surface area contributed by atoms with Gasteiger partial charge < -0.3 is 19.9 Å². The predicted octanol–water partition coefficient (Wildman–Crippen LogP) is 4.56. The molecule has 3 N–H and O–H groups in total. The van der Waals surface area contributed by atoms with Crippen molar-refractivity contribution in [3.8, 4) is 23.0 Å². The van der Waals surface area contributed by atoms with Crippen LogP contribution in [0.4, 0.5) is 0 Å². The molecule has 8 nitrogen and oxygen atoms in total. The van der Waals surface area contributed by atoms with Gasteiger partial charge in [-0.1, -0.05) is 41.5 Å². The Morgan fingerprint density at radius 1 is 1.06 bits per heavy atom. The van der Waals surface area contributed by atoms with Crippen molar-refractivity contribution in [1.82, 2.24) is 19.9 Å². The molecular weight excluding hydrogens is 396 g/mol. The number of ether oxygens (including phenoxy) is 1. The molecule has 3 rings (SSSR count). The number of fused-ring (bicyclic) bond motifs is 1. The fraction of sp³-hybridized carbons (Fsp3) is 0.478. The summed E-state index contributed by atoms with van der Waals surface area (Å²) in [5.41, 5.74) is 2.83. The van der Waals surface area contributed by atoms with Crippen molar-refractivity contribution in [2.24, 2.45) is 0 Å². The largest absolute Gasteiger partial charge is 0.507 e. The van der Waals surface area contributed by atoms with Crippen LogP contribution in [0.1, 0.15) is 65.5 Å². The average molecular weight is 427 g/mol. The Morgan fingerprint density at radius 3 is 2.23 bits per heavy atom. The molecule has 0 aliphatic carbocycles. The topological polar surface area (TPSA) is 121 Å². The van der Waals surface area contributed by atoms with Gasteiger partial charge in [0.1, 0.15) is 11.3 Å². The summed E-state index contributed by atoms with van der Waals surface area (Å²) in [6.07, 6.45) is 1.91. The number of carbonyl (C=O) groups is 1. The monoisotopic (exact) mass is 426 g/mol. The van der Waals surface area contributed by atoms with Crippen LogP contribution in [0.25, 0.3) is 22.6 Å². The van der Waals surface area contributed by atoms with Gasteiger partial charge in [-0.05, 0) is 29.4 Å². The first-order valence-electron chi connectivity index (χ1n) is 10.3. The van der Waals surface area contributed by atoms with E-state index in [-0.39, 0.29) is 29.6 Å². The number of benzene rings is 1. The van der Waals surface area contributed by atoms with Gasteiger partial charge in [0.05, 0.1) is 12.9 Å². The van der Waals surface area contributed by atoms with Gasteiger partial charge in [0.2, 0.25) is 5.88 Å². The number of hydrogen-bond acceptors (Lipinski definition) is 6. The second kappa shape index (κ2) is 8.17. The number of aromatic amines is 1. The molecule has 0 aliphatic rings. The predicted molar refractivity (Wildman–Crippen MR) is 119 cm³/mol. The van der Waals surface area contributed by atoms with Gasteiger partial charge in [0, 0.05) is 23.1 Å². The van der Waals surface area contributed by atoms with Crippen molar-refractivity contribution in [2.75, 3.05) is 6.61 Å². The summed E-state index contributed by atoms with van der Waals surface area (Å²) in [5, 5.41) is 19.8. The fourth-order valence-corrected chi connectivity index (χ4v) is 3.34. The van der Waals surface area contributed by atoms with Gasteiger partial charge in [-0.3, -0.25) is 4.79 Å². The highest BCUT2D eigenvalue weighted by Gasteiger charge is 2.27. The lowest BCUT2D eigenvalue weighted by Gasteiger charge is -2.28. The quantitative estimate of drug-likeness (QED) is 0.494. The van der Waals surface area contributed by atoms with Crippen molar-refractivity contribution >= 4 is 17.1 Å². The molecule has 3 aromatic rings. The summed E-state index contributed by atoms with van der Waals surface area (Å²) < 4.78 is 5.77. The van der Waals surface area contributed by atoms with E-state index in [9.17, 15) is 9.90 Å². The number of carboxylic acids is 1. The lowest BCUT2D eigenvalue weighted by atomic mass is 9.78. The Morgan fingerprint density at radius 2 is 1.68 bits per heavy atom. The number of aliphatic carboxylic acids is 1. The highest BCUT2D eigenvalue weighted by Crippen LogP contribution is 2.41. The average Bonchev–Trinajstić information content (AvgIpc) is 3.12. The summed E-state index contributed by atoms with van der Waals surface area (Å²) in [4.78, 5) is 27.2.